The molecule has 0 aliphatic heterocycles. The van der Waals surface area contributed by atoms with E-state index in [9.17, 15) is 13.2 Å². The number of hydrogen-bond donors (Lipinski definition) is 1. The summed E-state index contributed by atoms with van der Waals surface area (Å²) < 4.78 is 30.9. The number of rotatable bonds is 10. The van der Waals surface area contributed by atoms with Crippen LogP contribution in [-0.4, -0.2) is 46.5 Å². The second kappa shape index (κ2) is 10.8. The van der Waals surface area contributed by atoms with Crippen LogP contribution in [0.25, 0.3) is 0 Å². The van der Waals surface area contributed by atoms with E-state index in [4.69, 9.17) is 16.3 Å². The van der Waals surface area contributed by atoms with Crippen molar-refractivity contribution in [3.05, 3.63) is 58.6 Å². The molecule has 1 N–H and O–H groups in total. The van der Waals surface area contributed by atoms with E-state index in [2.05, 4.69) is 5.32 Å². The van der Waals surface area contributed by atoms with Crippen molar-refractivity contribution in [2.24, 2.45) is 0 Å². The Balaban J connectivity index is 1.90. The Morgan fingerprint density at radius 1 is 1.21 bits per heavy atom. The first-order valence-corrected chi connectivity index (χ1v) is 12.3. The zero-order valence-corrected chi connectivity index (χ0v) is 19.0. The van der Waals surface area contributed by atoms with Crippen LogP contribution in [0.3, 0.4) is 0 Å². The molecule has 0 spiro atoms. The minimum atomic E-state index is -3.66. The standard InChI is InChI=1S/C20H25ClN2O4S2/c1-15-4-9-19(27-2)18(12-15)23(29(3,25)26)13-20(24)22-10-11-28-14-16-5-7-17(21)8-6-16/h4-9,12H,10-11,13-14H2,1-3H3,(H,22,24). The molecule has 0 unspecified atom stereocenters. The highest BCUT2D eigenvalue weighted by Crippen LogP contribution is 2.30. The topological polar surface area (TPSA) is 75.7 Å². The van der Waals surface area contributed by atoms with Gasteiger partial charge in [-0.3, -0.25) is 9.10 Å². The third-order valence-corrected chi connectivity index (χ3v) is 6.45. The average molecular weight is 457 g/mol. The van der Waals surface area contributed by atoms with E-state index in [-0.39, 0.29) is 12.5 Å². The molecular formula is C20H25ClN2O4S2. The number of carbonyl (C=O) groups is 1. The number of nitrogens with one attached hydrogen (secondary N) is 1. The molecule has 0 radical (unpaired) electrons. The number of benzene rings is 2. The van der Waals surface area contributed by atoms with Gasteiger partial charge in [-0.15, -0.1) is 0 Å². The minimum absolute atomic E-state index is 0.305. The van der Waals surface area contributed by atoms with Gasteiger partial charge in [-0.05, 0) is 42.3 Å². The van der Waals surface area contributed by atoms with Gasteiger partial charge < -0.3 is 10.1 Å². The first-order valence-electron chi connectivity index (χ1n) is 8.92. The lowest BCUT2D eigenvalue weighted by Gasteiger charge is -2.24. The molecule has 0 heterocycles. The first kappa shape index (κ1) is 23.4. The van der Waals surface area contributed by atoms with E-state index in [1.165, 1.54) is 7.11 Å². The Kier molecular flexibility index (Phi) is 8.67. The van der Waals surface area contributed by atoms with Gasteiger partial charge >= 0.3 is 0 Å². The summed E-state index contributed by atoms with van der Waals surface area (Å²) in [6.07, 6.45) is 1.07. The van der Waals surface area contributed by atoms with Crippen molar-refractivity contribution < 1.29 is 17.9 Å². The number of carbonyl (C=O) groups excluding carboxylic acids is 1. The zero-order chi connectivity index (χ0) is 21.4. The van der Waals surface area contributed by atoms with Crippen LogP contribution >= 0.6 is 23.4 Å². The van der Waals surface area contributed by atoms with Gasteiger partial charge in [0.05, 0.1) is 19.1 Å². The summed E-state index contributed by atoms with van der Waals surface area (Å²) in [5, 5.41) is 3.48. The van der Waals surface area contributed by atoms with Gasteiger partial charge in [0.1, 0.15) is 12.3 Å². The predicted octanol–water partition coefficient (Wildman–Crippen LogP) is 3.47. The summed E-state index contributed by atoms with van der Waals surface area (Å²) in [4.78, 5) is 12.3. The van der Waals surface area contributed by atoms with Crippen molar-refractivity contribution >= 4 is 45.0 Å². The monoisotopic (exact) mass is 456 g/mol. The van der Waals surface area contributed by atoms with E-state index >= 15 is 0 Å². The Labute approximate surface area is 181 Å². The highest BCUT2D eigenvalue weighted by molar-refractivity contribution is 7.98. The SMILES string of the molecule is COc1ccc(C)cc1N(CC(=O)NCCSCc1ccc(Cl)cc1)S(C)(=O)=O. The Bertz CT molecular complexity index is 934. The molecule has 0 saturated carbocycles. The fourth-order valence-corrected chi connectivity index (χ4v) is 4.39. The molecule has 0 bridgehead atoms. The Morgan fingerprint density at radius 3 is 2.52 bits per heavy atom. The van der Waals surface area contributed by atoms with Gasteiger partial charge in [-0.2, -0.15) is 11.8 Å². The second-order valence-electron chi connectivity index (χ2n) is 6.47. The van der Waals surface area contributed by atoms with E-state index < -0.39 is 10.0 Å². The van der Waals surface area contributed by atoms with Crippen LogP contribution in [0.2, 0.25) is 5.02 Å². The van der Waals surface area contributed by atoms with Crippen molar-refractivity contribution in [3.8, 4) is 5.75 Å². The number of aryl methyl sites for hydroxylation is 1. The number of sulfonamides is 1. The number of ether oxygens (including phenoxy) is 1. The predicted molar refractivity (Wildman–Crippen MR) is 121 cm³/mol. The minimum Gasteiger partial charge on any atom is -0.495 e. The number of anilines is 1. The summed E-state index contributed by atoms with van der Waals surface area (Å²) >= 11 is 7.54. The van der Waals surface area contributed by atoms with Crippen LogP contribution in [0.4, 0.5) is 5.69 Å². The van der Waals surface area contributed by atoms with Gasteiger partial charge in [0.25, 0.3) is 0 Å². The summed E-state index contributed by atoms with van der Waals surface area (Å²) in [6.45, 7) is 1.99. The van der Waals surface area contributed by atoms with Crippen molar-refractivity contribution in [1.29, 1.82) is 0 Å². The van der Waals surface area contributed by atoms with Crippen LogP contribution in [0, 0.1) is 6.92 Å². The molecule has 2 rings (SSSR count). The number of hydrogen-bond acceptors (Lipinski definition) is 5. The van der Waals surface area contributed by atoms with E-state index in [1.54, 1.807) is 23.9 Å². The lowest BCUT2D eigenvalue weighted by atomic mass is 10.2. The van der Waals surface area contributed by atoms with Crippen molar-refractivity contribution in [3.63, 3.8) is 0 Å². The van der Waals surface area contributed by atoms with Gasteiger partial charge in [0.15, 0.2) is 0 Å². The molecule has 2 aromatic carbocycles. The van der Waals surface area contributed by atoms with E-state index in [0.717, 1.165) is 27.4 Å². The van der Waals surface area contributed by atoms with Gasteiger partial charge in [0, 0.05) is 23.1 Å². The highest BCUT2D eigenvalue weighted by Gasteiger charge is 2.24. The molecular weight excluding hydrogens is 432 g/mol. The fourth-order valence-electron chi connectivity index (χ4n) is 2.60. The summed E-state index contributed by atoms with van der Waals surface area (Å²) in [6, 6.07) is 12.8. The first-order chi connectivity index (χ1) is 13.7. The molecule has 0 aromatic heterocycles. The normalized spacial score (nSPS) is 11.2. The van der Waals surface area contributed by atoms with Gasteiger partial charge in [-0.25, -0.2) is 8.42 Å². The molecule has 29 heavy (non-hydrogen) atoms. The quantitative estimate of drug-likeness (QED) is 0.554. The number of thioether (sulfide) groups is 1. The van der Waals surface area contributed by atoms with Gasteiger partial charge in [0.2, 0.25) is 15.9 Å². The summed E-state index contributed by atoms with van der Waals surface area (Å²) in [5.41, 5.74) is 2.37. The molecule has 1 amide bonds. The molecule has 2 aromatic rings. The largest absolute Gasteiger partial charge is 0.495 e. The van der Waals surface area contributed by atoms with Gasteiger partial charge in [-0.1, -0.05) is 29.8 Å². The highest BCUT2D eigenvalue weighted by atomic mass is 35.5. The summed E-state index contributed by atoms with van der Waals surface area (Å²) in [5.74, 6) is 1.54. The third kappa shape index (κ3) is 7.45. The molecule has 0 fully saturated rings. The molecule has 0 atom stereocenters. The average Bonchev–Trinajstić information content (AvgIpc) is 2.66. The third-order valence-electron chi connectivity index (χ3n) is 4.04. The molecule has 9 heteroatoms. The number of amides is 1. The van der Waals surface area contributed by atoms with Crippen LogP contribution in [-0.2, 0) is 20.6 Å². The van der Waals surface area contributed by atoms with Crippen molar-refractivity contribution in [1.82, 2.24) is 5.32 Å². The van der Waals surface area contributed by atoms with Crippen molar-refractivity contribution in [2.75, 3.05) is 36.5 Å². The molecule has 0 saturated heterocycles. The molecule has 0 aliphatic rings. The van der Waals surface area contributed by atoms with E-state index in [0.29, 0.717) is 28.8 Å². The van der Waals surface area contributed by atoms with Crippen LogP contribution in [0.5, 0.6) is 5.75 Å². The van der Waals surface area contributed by atoms with Crippen LogP contribution < -0.4 is 14.4 Å². The van der Waals surface area contributed by atoms with Crippen LogP contribution in [0.1, 0.15) is 11.1 Å². The Morgan fingerprint density at radius 2 is 1.90 bits per heavy atom. The number of halogens is 1. The Hall–Kier alpha value is -1.90. The maximum Gasteiger partial charge on any atom is 0.240 e. The maximum atomic E-state index is 12.3. The lowest BCUT2D eigenvalue weighted by Crippen LogP contribution is -2.41. The maximum absolute atomic E-state index is 12.3. The fraction of sp³-hybridized carbons (Fsp3) is 0.350. The molecule has 6 nitrogen and oxygen atoms in total. The zero-order valence-electron chi connectivity index (χ0n) is 16.6. The lowest BCUT2D eigenvalue weighted by molar-refractivity contribution is -0.119. The summed E-state index contributed by atoms with van der Waals surface area (Å²) in [7, 11) is -2.20. The van der Waals surface area contributed by atoms with Crippen molar-refractivity contribution in [2.45, 2.75) is 12.7 Å². The second-order valence-corrected chi connectivity index (χ2v) is 9.92. The molecule has 158 valence electrons. The molecule has 0 aliphatic carbocycles. The number of methoxy groups -OCH3 is 1. The van der Waals surface area contributed by atoms with E-state index in [1.807, 2.05) is 37.3 Å². The number of nitrogens with zero attached hydrogens (tertiary/aromatic N) is 1. The smallest absolute Gasteiger partial charge is 0.240 e. The van der Waals surface area contributed by atoms with Crippen LogP contribution in [0.15, 0.2) is 42.5 Å².